The van der Waals surface area contributed by atoms with Crippen LogP contribution >= 0.6 is 11.8 Å². The first-order valence-electron chi connectivity index (χ1n) is 8.39. The second-order valence-electron chi connectivity index (χ2n) is 6.12. The molecule has 1 aliphatic rings. The molecule has 0 spiro atoms. The van der Waals surface area contributed by atoms with E-state index in [0.29, 0.717) is 30.1 Å². The van der Waals surface area contributed by atoms with E-state index in [1.807, 2.05) is 18.2 Å². The number of rotatable bonds is 3. The van der Waals surface area contributed by atoms with Crippen LogP contribution in [-0.4, -0.2) is 18.3 Å². The Morgan fingerprint density at radius 2 is 1.88 bits per heavy atom. The molecule has 5 nitrogen and oxygen atoms in total. The lowest BCUT2D eigenvalue weighted by Gasteiger charge is -2.10. The Hall–Kier alpha value is -2.60. The number of ether oxygens (including phenoxy) is 2. The molecule has 4 rings (SSSR count). The summed E-state index contributed by atoms with van der Waals surface area (Å²) in [5.74, 6) is 2.24. The van der Waals surface area contributed by atoms with Crippen molar-refractivity contribution in [2.45, 2.75) is 24.0 Å². The fourth-order valence-electron chi connectivity index (χ4n) is 2.93. The van der Waals surface area contributed by atoms with Crippen molar-refractivity contribution < 1.29 is 19.0 Å². The topological polar surface area (TPSA) is 68.9 Å². The molecule has 1 N–H and O–H groups in total. The van der Waals surface area contributed by atoms with Gasteiger partial charge in [-0.05, 0) is 42.8 Å². The van der Waals surface area contributed by atoms with Gasteiger partial charge in [0, 0.05) is 34.1 Å². The summed E-state index contributed by atoms with van der Waals surface area (Å²) in [5.41, 5.74) is 1.46. The van der Waals surface area contributed by atoms with Crippen molar-refractivity contribution >= 4 is 22.7 Å². The van der Waals surface area contributed by atoms with Gasteiger partial charge in [-0.2, -0.15) is 0 Å². The van der Waals surface area contributed by atoms with Gasteiger partial charge in [-0.1, -0.05) is 0 Å². The van der Waals surface area contributed by atoms with Crippen LogP contribution in [0, 0.1) is 6.92 Å². The highest BCUT2D eigenvalue weighted by Crippen LogP contribution is 2.36. The van der Waals surface area contributed by atoms with E-state index in [2.05, 4.69) is 0 Å². The van der Waals surface area contributed by atoms with Gasteiger partial charge in [0.25, 0.3) is 0 Å². The number of aryl methyl sites for hydroxylation is 1. The van der Waals surface area contributed by atoms with Gasteiger partial charge >= 0.3 is 5.63 Å². The van der Waals surface area contributed by atoms with E-state index in [9.17, 15) is 9.90 Å². The standard InChI is InChI=1S/C20H18O5S/c1-12-16(21)5-4-15-13(9-19(22)25-20(12)15)11-26-14-3-6-17-18(10-14)24-8-2-7-23-17/h3-6,9-10,21H,2,7-8,11H2,1H3. The molecule has 0 aliphatic carbocycles. The van der Waals surface area contributed by atoms with Gasteiger partial charge in [-0.25, -0.2) is 4.79 Å². The molecule has 134 valence electrons. The largest absolute Gasteiger partial charge is 0.508 e. The Morgan fingerprint density at radius 3 is 2.73 bits per heavy atom. The van der Waals surface area contributed by atoms with Gasteiger partial charge in [0.1, 0.15) is 11.3 Å². The maximum absolute atomic E-state index is 11.9. The molecule has 26 heavy (non-hydrogen) atoms. The van der Waals surface area contributed by atoms with Crippen LogP contribution in [0.5, 0.6) is 17.2 Å². The summed E-state index contributed by atoms with van der Waals surface area (Å²) in [4.78, 5) is 12.9. The number of hydrogen-bond acceptors (Lipinski definition) is 6. The molecule has 0 bridgehead atoms. The Labute approximate surface area is 154 Å². The monoisotopic (exact) mass is 370 g/mol. The molecule has 1 aromatic heterocycles. The van der Waals surface area contributed by atoms with Crippen LogP contribution in [0.1, 0.15) is 17.5 Å². The van der Waals surface area contributed by atoms with Crippen molar-refractivity contribution in [3.8, 4) is 17.2 Å². The van der Waals surface area contributed by atoms with Crippen molar-refractivity contribution in [2.24, 2.45) is 0 Å². The summed E-state index contributed by atoms with van der Waals surface area (Å²) in [7, 11) is 0. The molecule has 0 saturated heterocycles. The molecular weight excluding hydrogens is 352 g/mol. The van der Waals surface area contributed by atoms with Crippen LogP contribution in [0.15, 0.2) is 50.5 Å². The third kappa shape index (κ3) is 3.24. The number of thioether (sulfide) groups is 1. The quantitative estimate of drug-likeness (QED) is 0.549. The van der Waals surface area contributed by atoms with Crippen LogP contribution < -0.4 is 15.1 Å². The van der Waals surface area contributed by atoms with Gasteiger partial charge in [-0.3, -0.25) is 0 Å². The molecule has 0 fully saturated rings. The first-order valence-corrected chi connectivity index (χ1v) is 9.38. The fourth-order valence-corrected chi connectivity index (χ4v) is 3.85. The van der Waals surface area contributed by atoms with Crippen LogP contribution in [0.3, 0.4) is 0 Å². The number of phenolic OH excluding ortho intramolecular Hbond substituents is 1. The minimum Gasteiger partial charge on any atom is -0.508 e. The van der Waals surface area contributed by atoms with Crippen LogP contribution in [0.25, 0.3) is 11.0 Å². The Bertz CT molecular complexity index is 1020. The summed E-state index contributed by atoms with van der Waals surface area (Å²) >= 11 is 1.61. The summed E-state index contributed by atoms with van der Waals surface area (Å²) in [6.07, 6.45) is 0.870. The molecule has 0 amide bonds. The van der Waals surface area contributed by atoms with Crippen molar-refractivity contribution in [1.82, 2.24) is 0 Å². The third-order valence-electron chi connectivity index (χ3n) is 4.33. The Balaban J connectivity index is 1.63. The van der Waals surface area contributed by atoms with Gasteiger partial charge in [0.05, 0.1) is 13.2 Å². The molecule has 6 heteroatoms. The van der Waals surface area contributed by atoms with Crippen molar-refractivity contribution in [3.63, 3.8) is 0 Å². The molecule has 2 aromatic carbocycles. The van der Waals surface area contributed by atoms with E-state index in [1.165, 1.54) is 6.07 Å². The van der Waals surface area contributed by atoms with E-state index < -0.39 is 5.63 Å². The molecule has 0 atom stereocenters. The SMILES string of the molecule is Cc1c(O)ccc2c(CSc3ccc4c(c3)OCCCO4)cc(=O)oc12. The third-order valence-corrected chi connectivity index (χ3v) is 5.37. The van der Waals surface area contributed by atoms with Crippen molar-refractivity contribution in [2.75, 3.05) is 13.2 Å². The van der Waals surface area contributed by atoms with Crippen LogP contribution in [0.4, 0.5) is 0 Å². The molecule has 2 heterocycles. The summed E-state index contributed by atoms with van der Waals surface area (Å²) in [6.45, 7) is 3.05. The van der Waals surface area contributed by atoms with Crippen LogP contribution in [0.2, 0.25) is 0 Å². The fraction of sp³-hybridized carbons (Fsp3) is 0.250. The van der Waals surface area contributed by atoms with Crippen molar-refractivity contribution in [1.29, 1.82) is 0 Å². The lowest BCUT2D eigenvalue weighted by atomic mass is 10.1. The smallest absolute Gasteiger partial charge is 0.336 e. The Kier molecular flexibility index (Phi) is 4.51. The van der Waals surface area contributed by atoms with E-state index in [1.54, 1.807) is 30.8 Å². The zero-order valence-corrected chi connectivity index (χ0v) is 15.1. The number of hydrogen-bond donors (Lipinski definition) is 1. The van der Waals surface area contributed by atoms with E-state index in [4.69, 9.17) is 13.9 Å². The molecule has 1 aliphatic heterocycles. The highest BCUT2D eigenvalue weighted by atomic mass is 32.2. The lowest BCUT2D eigenvalue weighted by molar-refractivity contribution is 0.297. The lowest BCUT2D eigenvalue weighted by Crippen LogP contribution is -2.01. The summed E-state index contributed by atoms with van der Waals surface area (Å²) in [6, 6.07) is 10.8. The highest BCUT2D eigenvalue weighted by Gasteiger charge is 2.13. The summed E-state index contributed by atoms with van der Waals surface area (Å²) in [5, 5.41) is 10.7. The van der Waals surface area contributed by atoms with E-state index in [0.717, 1.165) is 33.8 Å². The van der Waals surface area contributed by atoms with Gasteiger partial charge in [-0.15, -0.1) is 11.8 Å². The van der Waals surface area contributed by atoms with E-state index >= 15 is 0 Å². The van der Waals surface area contributed by atoms with Gasteiger partial charge < -0.3 is 19.0 Å². The predicted octanol–water partition coefficient (Wildman–Crippen LogP) is 4.26. The first-order chi connectivity index (χ1) is 12.6. The van der Waals surface area contributed by atoms with Gasteiger partial charge in [0.15, 0.2) is 11.5 Å². The zero-order valence-electron chi connectivity index (χ0n) is 14.3. The molecule has 3 aromatic rings. The minimum atomic E-state index is -0.416. The average Bonchev–Trinajstić information content (AvgIpc) is 2.88. The van der Waals surface area contributed by atoms with E-state index in [-0.39, 0.29) is 5.75 Å². The number of fused-ring (bicyclic) bond motifs is 2. The molecule has 0 saturated carbocycles. The normalized spacial score (nSPS) is 13.6. The molecule has 0 radical (unpaired) electrons. The maximum Gasteiger partial charge on any atom is 0.336 e. The van der Waals surface area contributed by atoms with Crippen LogP contribution in [-0.2, 0) is 5.75 Å². The first kappa shape index (κ1) is 16.8. The highest BCUT2D eigenvalue weighted by molar-refractivity contribution is 7.98. The molecular formula is C20H18O5S. The summed E-state index contributed by atoms with van der Waals surface area (Å²) < 4.78 is 16.7. The predicted molar refractivity (Wildman–Crippen MR) is 100 cm³/mol. The Morgan fingerprint density at radius 1 is 1.08 bits per heavy atom. The second-order valence-corrected chi connectivity index (χ2v) is 7.17. The average molecular weight is 370 g/mol. The number of benzene rings is 2. The minimum absolute atomic E-state index is 0.119. The van der Waals surface area contributed by atoms with Crippen molar-refractivity contribution in [3.05, 3.63) is 57.9 Å². The zero-order chi connectivity index (χ0) is 18.1. The second kappa shape index (κ2) is 6.96. The van der Waals surface area contributed by atoms with Gasteiger partial charge in [0.2, 0.25) is 0 Å². The maximum atomic E-state index is 11.9. The number of aromatic hydroxyl groups is 1. The number of phenols is 1. The molecule has 0 unspecified atom stereocenters.